The Labute approximate surface area is 148 Å². The summed E-state index contributed by atoms with van der Waals surface area (Å²) in [6.07, 6.45) is 7.70. The van der Waals surface area contributed by atoms with Gasteiger partial charge in [-0.15, -0.1) is 0 Å². The number of imidazole rings is 1. The molecule has 6 nitrogen and oxygen atoms in total. The normalized spacial score (nSPS) is 22.4. The van der Waals surface area contributed by atoms with Crippen LogP contribution in [0.25, 0.3) is 5.65 Å². The number of anilines is 1. The molecule has 4 heterocycles. The first kappa shape index (κ1) is 16.4. The number of rotatable bonds is 2. The van der Waals surface area contributed by atoms with E-state index in [-0.39, 0.29) is 17.5 Å². The molecule has 2 amide bonds. The van der Waals surface area contributed by atoms with E-state index < -0.39 is 0 Å². The highest BCUT2D eigenvalue weighted by Crippen LogP contribution is 2.48. The first-order chi connectivity index (χ1) is 12.0. The minimum Gasteiger partial charge on any atom is -0.381 e. The van der Waals surface area contributed by atoms with Gasteiger partial charge in [0.15, 0.2) is 0 Å². The first-order valence-electron chi connectivity index (χ1n) is 9.09. The molecule has 134 valence electrons. The van der Waals surface area contributed by atoms with Crippen molar-refractivity contribution in [3.8, 4) is 0 Å². The smallest absolute Gasteiger partial charge is 0.322 e. The minimum absolute atomic E-state index is 0.00492. The van der Waals surface area contributed by atoms with Gasteiger partial charge in [-0.25, -0.2) is 9.78 Å². The standard InChI is InChI=1S/C19H26N4O2/c1-13(2)16-19(4-8-25-9-5-19)12-23(16)18(24)21-15-10-14(3)17-20-6-7-22(17)11-15/h6-7,10-11,13,16H,4-5,8-9,12H2,1-3H3,(H,21,24). The van der Waals surface area contributed by atoms with Gasteiger partial charge in [0.1, 0.15) is 5.65 Å². The van der Waals surface area contributed by atoms with Gasteiger partial charge in [-0.1, -0.05) is 13.8 Å². The maximum atomic E-state index is 12.9. The zero-order chi connectivity index (χ0) is 17.6. The number of aryl methyl sites for hydroxylation is 1. The average Bonchev–Trinajstić information content (AvgIpc) is 3.02. The van der Waals surface area contributed by atoms with E-state index in [1.54, 1.807) is 6.20 Å². The largest absolute Gasteiger partial charge is 0.381 e. The van der Waals surface area contributed by atoms with Crippen LogP contribution in [-0.4, -0.2) is 46.1 Å². The second kappa shape index (κ2) is 6.02. The van der Waals surface area contributed by atoms with Crippen LogP contribution >= 0.6 is 0 Å². The molecule has 0 aliphatic carbocycles. The van der Waals surface area contributed by atoms with Crippen LogP contribution in [0, 0.1) is 18.3 Å². The van der Waals surface area contributed by atoms with Gasteiger partial charge in [-0.05, 0) is 37.3 Å². The molecule has 1 unspecified atom stereocenters. The van der Waals surface area contributed by atoms with Gasteiger partial charge in [0, 0.05) is 49.8 Å². The molecule has 2 aromatic heterocycles. The molecule has 1 atom stereocenters. The maximum Gasteiger partial charge on any atom is 0.322 e. The van der Waals surface area contributed by atoms with E-state index in [1.165, 1.54) is 0 Å². The maximum absolute atomic E-state index is 12.9. The lowest BCUT2D eigenvalue weighted by atomic mass is 9.63. The minimum atomic E-state index is -0.00492. The number of aromatic nitrogens is 2. The van der Waals surface area contributed by atoms with Gasteiger partial charge in [0.25, 0.3) is 0 Å². The molecule has 2 saturated heterocycles. The second-order valence-electron chi connectivity index (χ2n) is 7.79. The topological polar surface area (TPSA) is 58.9 Å². The van der Waals surface area contributed by atoms with Crippen LogP contribution in [0.5, 0.6) is 0 Å². The van der Waals surface area contributed by atoms with Crippen molar-refractivity contribution in [2.75, 3.05) is 25.1 Å². The summed E-state index contributed by atoms with van der Waals surface area (Å²) in [5.74, 6) is 0.440. The summed E-state index contributed by atoms with van der Waals surface area (Å²) in [5.41, 5.74) is 3.02. The zero-order valence-corrected chi connectivity index (χ0v) is 15.2. The Morgan fingerprint density at radius 1 is 1.40 bits per heavy atom. The molecule has 2 aromatic rings. The molecule has 0 bridgehead atoms. The van der Waals surface area contributed by atoms with Gasteiger partial charge in [0.2, 0.25) is 0 Å². The number of likely N-dealkylation sites (tertiary alicyclic amines) is 1. The van der Waals surface area contributed by atoms with E-state index in [0.29, 0.717) is 5.92 Å². The highest BCUT2D eigenvalue weighted by molar-refractivity contribution is 5.90. The third-order valence-electron chi connectivity index (χ3n) is 5.75. The predicted octanol–water partition coefficient (Wildman–Crippen LogP) is 3.31. The monoisotopic (exact) mass is 342 g/mol. The molecule has 1 spiro atoms. The number of hydrogen-bond acceptors (Lipinski definition) is 3. The van der Waals surface area contributed by atoms with Crippen LogP contribution in [0.1, 0.15) is 32.3 Å². The zero-order valence-electron chi connectivity index (χ0n) is 15.2. The third kappa shape index (κ3) is 2.68. The molecule has 2 aliphatic heterocycles. The average molecular weight is 342 g/mol. The van der Waals surface area contributed by atoms with Crippen molar-refractivity contribution in [1.29, 1.82) is 0 Å². The van der Waals surface area contributed by atoms with Crippen molar-refractivity contribution in [2.24, 2.45) is 11.3 Å². The molecule has 25 heavy (non-hydrogen) atoms. The van der Waals surface area contributed by atoms with Gasteiger partial charge in [-0.2, -0.15) is 0 Å². The highest BCUT2D eigenvalue weighted by atomic mass is 16.5. The van der Waals surface area contributed by atoms with Crippen LogP contribution < -0.4 is 5.32 Å². The lowest BCUT2D eigenvalue weighted by Crippen LogP contribution is -2.70. The number of hydrogen-bond donors (Lipinski definition) is 1. The molecule has 2 aliphatic rings. The van der Waals surface area contributed by atoms with Crippen molar-refractivity contribution in [1.82, 2.24) is 14.3 Å². The third-order valence-corrected chi connectivity index (χ3v) is 5.75. The summed E-state index contributed by atoms with van der Waals surface area (Å²) in [7, 11) is 0. The second-order valence-corrected chi connectivity index (χ2v) is 7.79. The summed E-state index contributed by atoms with van der Waals surface area (Å²) in [6.45, 7) is 8.89. The Bertz CT molecular complexity index is 792. The first-order valence-corrected chi connectivity index (χ1v) is 9.09. The molecule has 0 radical (unpaired) electrons. The van der Waals surface area contributed by atoms with Crippen LogP contribution in [-0.2, 0) is 4.74 Å². The van der Waals surface area contributed by atoms with Crippen molar-refractivity contribution in [3.63, 3.8) is 0 Å². The Kier molecular flexibility index (Phi) is 3.95. The van der Waals surface area contributed by atoms with E-state index in [1.807, 2.05) is 34.7 Å². The summed E-state index contributed by atoms with van der Waals surface area (Å²) < 4.78 is 7.48. The number of pyridine rings is 1. The van der Waals surface area contributed by atoms with Crippen LogP contribution in [0.3, 0.4) is 0 Å². The quantitative estimate of drug-likeness (QED) is 0.911. The number of amides is 2. The number of carbonyl (C=O) groups excluding carboxylic acids is 1. The summed E-state index contributed by atoms with van der Waals surface area (Å²) in [5, 5.41) is 3.08. The number of ether oxygens (including phenoxy) is 1. The fraction of sp³-hybridized carbons (Fsp3) is 0.579. The Hall–Kier alpha value is -2.08. The number of fused-ring (bicyclic) bond motifs is 1. The Morgan fingerprint density at radius 2 is 2.16 bits per heavy atom. The summed E-state index contributed by atoms with van der Waals surface area (Å²) in [6, 6.07) is 2.26. The van der Waals surface area contributed by atoms with Gasteiger partial charge >= 0.3 is 6.03 Å². The van der Waals surface area contributed by atoms with Crippen LogP contribution in [0.4, 0.5) is 10.5 Å². The molecule has 0 aromatic carbocycles. The van der Waals surface area contributed by atoms with Crippen LogP contribution in [0.2, 0.25) is 0 Å². The van der Waals surface area contributed by atoms with E-state index in [4.69, 9.17) is 4.74 Å². The number of urea groups is 1. The molecule has 1 N–H and O–H groups in total. The van der Waals surface area contributed by atoms with Crippen LogP contribution in [0.15, 0.2) is 24.7 Å². The van der Waals surface area contributed by atoms with Crippen molar-refractivity contribution < 1.29 is 9.53 Å². The van der Waals surface area contributed by atoms with Gasteiger partial charge in [0.05, 0.1) is 5.69 Å². The SMILES string of the molecule is Cc1cc(NC(=O)N2CC3(CCOCC3)C2C(C)C)cn2ccnc12. The number of carbonyl (C=O) groups is 1. The summed E-state index contributed by atoms with van der Waals surface area (Å²) in [4.78, 5) is 19.2. The van der Waals surface area contributed by atoms with Crippen molar-refractivity contribution >= 4 is 17.4 Å². The number of nitrogens with one attached hydrogen (secondary N) is 1. The van der Waals surface area contributed by atoms with E-state index in [2.05, 4.69) is 24.1 Å². The molecule has 6 heteroatoms. The predicted molar refractivity (Wildman–Crippen MR) is 96.8 cm³/mol. The van der Waals surface area contributed by atoms with Crippen molar-refractivity contribution in [3.05, 3.63) is 30.2 Å². The molecule has 0 saturated carbocycles. The van der Waals surface area contributed by atoms with E-state index >= 15 is 0 Å². The number of nitrogens with zero attached hydrogens (tertiary/aromatic N) is 3. The fourth-order valence-corrected chi connectivity index (χ4v) is 4.72. The molecular weight excluding hydrogens is 316 g/mol. The molecule has 4 rings (SSSR count). The van der Waals surface area contributed by atoms with Crippen molar-refractivity contribution in [2.45, 2.75) is 39.7 Å². The lowest BCUT2D eigenvalue weighted by Gasteiger charge is -2.60. The highest BCUT2D eigenvalue weighted by Gasteiger charge is 2.55. The summed E-state index contributed by atoms with van der Waals surface area (Å²) >= 11 is 0. The van der Waals surface area contributed by atoms with Gasteiger partial charge in [-0.3, -0.25) is 0 Å². The van der Waals surface area contributed by atoms with E-state index in [0.717, 1.165) is 49.5 Å². The molecular formula is C19H26N4O2. The fourth-order valence-electron chi connectivity index (χ4n) is 4.72. The Balaban J connectivity index is 1.52. The lowest BCUT2D eigenvalue weighted by molar-refractivity contribution is -0.122. The Morgan fingerprint density at radius 3 is 2.88 bits per heavy atom. The molecule has 2 fully saturated rings. The van der Waals surface area contributed by atoms with Gasteiger partial charge < -0.3 is 19.4 Å². The van der Waals surface area contributed by atoms with E-state index in [9.17, 15) is 4.79 Å².